The molecule has 0 unspecified atom stereocenters. The Morgan fingerprint density at radius 3 is 2.48 bits per heavy atom. The van der Waals surface area contributed by atoms with Crippen molar-refractivity contribution in [3.05, 3.63) is 53.9 Å². The minimum atomic E-state index is -0.928. The highest BCUT2D eigenvalue weighted by Crippen LogP contribution is 2.33. The van der Waals surface area contributed by atoms with Gasteiger partial charge in [0.15, 0.2) is 11.5 Å². The molecule has 132 valence electrons. The van der Waals surface area contributed by atoms with E-state index in [2.05, 4.69) is 4.98 Å². The van der Waals surface area contributed by atoms with E-state index in [4.69, 9.17) is 9.47 Å². The minimum absolute atomic E-state index is 0.0748. The van der Waals surface area contributed by atoms with Gasteiger partial charge in [0.05, 0.1) is 19.8 Å². The molecule has 2 aromatic rings. The Balaban J connectivity index is 1.72. The van der Waals surface area contributed by atoms with E-state index >= 15 is 0 Å². The number of rotatable bonds is 4. The van der Waals surface area contributed by atoms with Gasteiger partial charge in [-0.1, -0.05) is 6.07 Å². The average Bonchev–Trinajstić information content (AvgIpc) is 2.68. The number of aromatic nitrogens is 1. The number of piperidine rings is 1. The first kappa shape index (κ1) is 17.2. The first-order valence-corrected chi connectivity index (χ1v) is 8.21. The number of ether oxygens (including phenoxy) is 2. The smallest absolute Gasteiger partial charge is 0.253 e. The molecule has 1 aromatic carbocycles. The molecule has 0 bridgehead atoms. The van der Waals surface area contributed by atoms with E-state index in [1.165, 1.54) is 0 Å². The number of amides is 1. The van der Waals surface area contributed by atoms with Crippen molar-refractivity contribution in [3.8, 4) is 11.5 Å². The lowest BCUT2D eigenvalue weighted by atomic mass is 9.85. The fraction of sp³-hybridized carbons (Fsp3) is 0.368. The summed E-state index contributed by atoms with van der Waals surface area (Å²) in [5, 5.41) is 10.8. The molecule has 1 aromatic heterocycles. The summed E-state index contributed by atoms with van der Waals surface area (Å²) >= 11 is 0. The van der Waals surface area contributed by atoms with Gasteiger partial charge in [0.1, 0.15) is 0 Å². The minimum Gasteiger partial charge on any atom is -0.493 e. The summed E-state index contributed by atoms with van der Waals surface area (Å²) in [6.45, 7) is 0.969. The third kappa shape index (κ3) is 3.44. The van der Waals surface area contributed by atoms with Crippen LogP contribution in [0.25, 0.3) is 0 Å². The lowest BCUT2D eigenvalue weighted by Gasteiger charge is -2.38. The summed E-state index contributed by atoms with van der Waals surface area (Å²) < 4.78 is 10.5. The Morgan fingerprint density at radius 1 is 1.16 bits per heavy atom. The van der Waals surface area contributed by atoms with Crippen LogP contribution in [0.5, 0.6) is 11.5 Å². The highest BCUT2D eigenvalue weighted by molar-refractivity contribution is 5.95. The molecule has 6 heteroatoms. The molecular formula is C19H22N2O4. The maximum Gasteiger partial charge on any atom is 0.253 e. The van der Waals surface area contributed by atoms with E-state index < -0.39 is 5.60 Å². The first-order chi connectivity index (χ1) is 12.1. The quantitative estimate of drug-likeness (QED) is 0.922. The molecule has 0 atom stereocenters. The van der Waals surface area contributed by atoms with Crippen LogP contribution in [-0.2, 0) is 5.60 Å². The molecule has 1 aliphatic rings. The molecule has 0 radical (unpaired) electrons. The Hall–Kier alpha value is -2.60. The zero-order valence-corrected chi connectivity index (χ0v) is 14.4. The number of likely N-dealkylation sites (tertiary alicyclic amines) is 1. The van der Waals surface area contributed by atoms with Crippen molar-refractivity contribution in [2.45, 2.75) is 18.4 Å². The molecule has 1 fully saturated rings. The molecule has 6 nitrogen and oxygen atoms in total. The topological polar surface area (TPSA) is 71.9 Å². The highest BCUT2D eigenvalue weighted by Gasteiger charge is 2.35. The lowest BCUT2D eigenvalue weighted by molar-refractivity contribution is -0.0213. The fourth-order valence-corrected chi connectivity index (χ4v) is 3.16. The van der Waals surface area contributed by atoms with Crippen LogP contribution < -0.4 is 9.47 Å². The van der Waals surface area contributed by atoms with Gasteiger partial charge in [-0.25, -0.2) is 0 Å². The lowest BCUT2D eigenvalue weighted by Crippen LogP contribution is -2.45. The summed E-state index contributed by atoms with van der Waals surface area (Å²) in [5.41, 5.74) is 0.417. The van der Waals surface area contributed by atoms with Crippen LogP contribution >= 0.6 is 0 Å². The number of carbonyl (C=O) groups excluding carboxylic acids is 1. The van der Waals surface area contributed by atoms with Crippen LogP contribution in [0.2, 0.25) is 0 Å². The molecular weight excluding hydrogens is 320 g/mol. The second-order valence-electron chi connectivity index (χ2n) is 6.14. The van der Waals surface area contributed by atoms with Crippen LogP contribution in [-0.4, -0.2) is 48.2 Å². The van der Waals surface area contributed by atoms with Gasteiger partial charge in [0.2, 0.25) is 0 Å². The van der Waals surface area contributed by atoms with Gasteiger partial charge in [0, 0.05) is 36.6 Å². The molecule has 0 spiro atoms. The van der Waals surface area contributed by atoms with Crippen molar-refractivity contribution >= 4 is 5.91 Å². The number of nitrogens with zero attached hydrogens (tertiary/aromatic N) is 2. The highest BCUT2D eigenvalue weighted by atomic mass is 16.5. The number of hydrogen-bond donors (Lipinski definition) is 1. The zero-order chi connectivity index (χ0) is 17.9. The number of carbonyl (C=O) groups is 1. The number of pyridine rings is 1. The summed E-state index contributed by atoms with van der Waals surface area (Å²) in [7, 11) is 3.10. The van der Waals surface area contributed by atoms with Crippen molar-refractivity contribution in [2.24, 2.45) is 0 Å². The van der Waals surface area contributed by atoms with Gasteiger partial charge in [-0.15, -0.1) is 0 Å². The maximum absolute atomic E-state index is 12.8. The Labute approximate surface area is 147 Å². The normalized spacial score (nSPS) is 16.4. The molecule has 3 rings (SSSR count). The van der Waals surface area contributed by atoms with E-state index in [9.17, 15) is 9.90 Å². The predicted molar refractivity (Wildman–Crippen MR) is 92.8 cm³/mol. The monoisotopic (exact) mass is 342 g/mol. The zero-order valence-electron chi connectivity index (χ0n) is 14.4. The molecule has 1 N–H and O–H groups in total. The van der Waals surface area contributed by atoms with Gasteiger partial charge in [0.25, 0.3) is 5.91 Å². The molecule has 25 heavy (non-hydrogen) atoms. The number of methoxy groups -OCH3 is 2. The number of benzene rings is 1. The summed E-state index contributed by atoms with van der Waals surface area (Å²) in [6.07, 6.45) is 4.34. The number of hydrogen-bond acceptors (Lipinski definition) is 5. The van der Waals surface area contributed by atoms with E-state index in [1.54, 1.807) is 49.7 Å². The molecule has 1 amide bonds. The molecule has 1 aliphatic heterocycles. The Morgan fingerprint density at radius 2 is 1.88 bits per heavy atom. The standard InChI is InChI=1S/C19H22N2O4/c1-24-16-6-5-14(12-17(16)25-2)18(22)21-10-7-19(23,8-11-21)15-4-3-9-20-13-15/h3-6,9,12-13,23H,7-8,10-11H2,1-2H3. The second-order valence-corrected chi connectivity index (χ2v) is 6.14. The van der Waals surface area contributed by atoms with Crippen LogP contribution in [0.4, 0.5) is 0 Å². The molecule has 2 heterocycles. The van der Waals surface area contributed by atoms with Crippen LogP contribution in [0.15, 0.2) is 42.7 Å². The number of aliphatic hydroxyl groups is 1. The van der Waals surface area contributed by atoms with E-state index in [1.807, 2.05) is 12.1 Å². The summed E-state index contributed by atoms with van der Waals surface area (Å²) in [6, 6.07) is 8.82. The van der Waals surface area contributed by atoms with Crippen LogP contribution in [0.3, 0.4) is 0 Å². The van der Waals surface area contributed by atoms with E-state index in [-0.39, 0.29) is 5.91 Å². The molecule has 0 aliphatic carbocycles. The van der Waals surface area contributed by atoms with Crippen molar-refractivity contribution in [1.82, 2.24) is 9.88 Å². The van der Waals surface area contributed by atoms with Crippen molar-refractivity contribution in [1.29, 1.82) is 0 Å². The largest absolute Gasteiger partial charge is 0.493 e. The van der Waals surface area contributed by atoms with Gasteiger partial charge in [-0.3, -0.25) is 9.78 Å². The predicted octanol–water partition coefficient (Wildman–Crippen LogP) is 2.22. The molecule has 0 saturated carbocycles. The third-order valence-electron chi connectivity index (χ3n) is 4.71. The summed E-state index contributed by atoms with van der Waals surface area (Å²) in [5.74, 6) is 1.04. The van der Waals surface area contributed by atoms with Gasteiger partial charge in [-0.05, 0) is 37.1 Å². The Kier molecular flexibility index (Phi) is 4.90. The average molecular weight is 342 g/mol. The first-order valence-electron chi connectivity index (χ1n) is 8.21. The van der Waals surface area contributed by atoms with E-state index in [0.717, 1.165) is 5.56 Å². The molecule has 1 saturated heterocycles. The summed E-state index contributed by atoms with van der Waals surface area (Å²) in [4.78, 5) is 18.6. The van der Waals surface area contributed by atoms with Gasteiger partial charge < -0.3 is 19.5 Å². The van der Waals surface area contributed by atoms with E-state index in [0.29, 0.717) is 43.0 Å². The second kappa shape index (κ2) is 7.11. The van der Waals surface area contributed by atoms with Crippen LogP contribution in [0.1, 0.15) is 28.8 Å². The van der Waals surface area contributed by atoms with Crippen molar-refractivity contribution in [2.75, 3.05) is 27.3 Å². The SMILES string of the molecule is COc1ccc(C(=O)N2CCC(O)(c3cccnc3)CC2)cc1OC. The van der Waals surface area contributed by atoms with Crippen LogP contribution in [0, 0.1) is 0 Å². The van der Waals surface area contributed by atoms with Crippen molar-refractivity contribution < 1.29 is 19.4 Å². The Bertz CT molecular complexity index is 740. The van der Waals surface area contributed by atoms with Gasteiger partial charge >= 0.3 is 0 Å². The third-order valence-corrected chi connectivity index (χ3v) is 4.71. The fourth-order valence-electron chi connectivity index (χ4n) is 3.16. The maximum atomic E-state index is 12.8. The van der Waals surface area contributed by atoms with Crippen molar-refractivity contribution in [3.63, 3.8) is 0 Å². The van der Waals surface area contributed by atoms with Gasteiger partial charge in [-0.2, -0.15) is 0 Å².